The van der Waals surface area contributed by atoms with Gasteiger partial charge in [-0.2, -0.15) is 4.73 Å². The molecule has 0 aromatic carbocycles. The van der Waals surface area contributed by atoms with Crippen molar-refractivity contribution in [1.29, 1.82) is 0 Å². The van der Waals surface area contributed by atoms with Gasteiger partial charge in [0.15, 0.2) is 5.49 Å². The highest BCUT2D eigenvalue weighted by molar-refractivity contribution is 5.81. The maximum absolute atomic E-state index is 10.8. The number of carbonyl (C=O) groups is 1. The molecule has 1 heterocycles. The summed E-state index contributed by atoms with van der Waals surface area (Å²) < 4.78 is 0.882. The summed E-state index contributed by atoms with van der Waals surface area (Å²) in [6.45, 7) is 1.60. The SMILES string of the molecule is CC(=O)C(N)CN=c1ccccn1O. The lowest BCUT2D eigenvalue weighted by atomic mass is 10.2. The van der Waals surface area contributed by atoms with E-state index in [0.717, 1.165) is 4.73 Å². The van der Waals surface area contributed by atoms with E-state index < -0.39 is 6.04 Å². The summed E-state index contributed by atoms with van der Waals surface area (Å²) in [6, 6.07) is 4.44. The maximum atomic E-state index is 10.8. The van der Waals surface area contributed by atoms with Gasteiger partial charge in [-0.05, 0) is 19.1 Å². The monoisotopic (exact) mass is 195 g/mol. The number of Topliss-reactive ketones (excluding diaryl/α,β-unsaturated/α-hetero) is 1. The molecule has 0 aliphatic rings. The molecule has 1 aromatic rings. The third-order valence-corrected chi connectivity index (χ3v) is 1.79. The molecule has 0 amide bonds. The number of hydrogen-bond donors (Lipinski definition) is 2. The Morgan fingerprint density at radius 1 is 1.71 bits per heavy atom. The summed E-state index contributed by atoms with van der Waals surface area (Å²) in [5.41, 5.74) is 5.86. The molecule has 0 saturated carbocycles. The zero-order valence-corrected chi connectivity index (χ0v) is 7.92. The Hall–Kier alpha value is -1.62. The molecule has 3 N–H and O–H groups in total. The van der Waals surface area contributed by atoms with Crippen molar-refractivity contribution in [3.05, 3.63) is 29.9 Å². The lowest BCUT2D eigenvalue weighted by molar-refractivity contribution is -0.118. The van der Waals surface area contributed by atoms with Gasteiger partial charge in [0, 0.05) is 6.20 Å². The number of carbonyl (C=O) groups excluding carboxylic acids is 1. The zero-order chi connectivity index (χ0) is 10.6. The standard InChI is InChI=1S/C9H13N3O2/c1-7(13)8(10)6-11-9-4-2-3-5-12(9)14/h2-5,8,14H,6,10H2,1H3. The maximum Gasteiger partial charge on any atom is 0.163 e. The van der Waals surface area contributed by atoms with Crippen LogP contribution in [0, 0.1) is 0 Å². The van der Waals surface area contributed by atoms with Crippen molar-refractivity contribution in [3.8, 4) is 0 Å². The van der Waals surface area contributed by atoms with Crippen molar-refractivity contribution in [2.24, 2.45) is 10.7 Å². The van der Waals surface area contributed by atoms with Crippen LogP contribution < -0.4 is 11.2 Å². The van der Waals surface area contributed by atoms with E-state index in [2.05, 4.69) is 4.99 Å². The van der Waals surface area contributed by atoms with E-state index >= 15 is 0 Å². The molecule has 0 radical (unpaired) electrons. The number of nitrogens with two attached hydrogens (primary N) is 1. The average molecular weight is 195 g/mol. The Morgan fingerprint density at radius 2 is 2.43 bits per heavy atom. The molecule has 1 aromatic heterocycles. The zero-order valence-electron chi connectivity index (χ0n) is 7.92. The highest BCUT2D eigenvalue weighted by Crippen LogP contribution is 1.82. The van der Waals surface area contributed by atoms with Gasteiger partial charge in [0.05, 0.1) is 12.6 Å². The molecule has 0 spiro atoms. The molecular weight excluding hydrogens is 182 g/mol. The quantitative estimate of drug-likeness (QED) is 0.640. The van der Waals surface area contributed by atoms with Gasteiger partial charge in [-0.1, -0.05) is 6.07 Å². The minimum absolute atomic E-state index is 0.117. The normalized spacial score (nSPS) is 14.0. The van der Waals surface area contributed by atoms with E-state index in [1.54, 1.807) is 18.2 Å². The largest absolute Gasteiger partial charge is 0.427 e. The van der Waals surface area contributed by atoms with Gasteiger partial charge >= 0.3 is 0 Å². The minimum Gasteiger partial charge on any atom is -0.427 e. The van der Waals surface area contributed by atoms with Gasteiger partial charge in [0.1, 0.15) is 5.78 Å². The van der Waals surface area contributed by atoms with Crippen LogP contribution in [0.3, 0.4) is 0 Å². The van der Waals surface area contributed by atoms with Crippen molar-refractivity contribution in [3.63, 3.8) is 0 Å². The number of hydrogen-bond acceptors (Lipinski definition) is 4. The Kier molecular flexibility index (Phi) is 3.41. The van der Waals surface area contributed by atoms with Crippen molar-refractivity contribution >= 4 is 5.78 Å². The molecular formula is C9H13N3O2. The minimum atomic E-state index is -0.602. The number of ketones is 1. The fourth-order valence-electron chi connectivity index (χ4n) is 0.871. The van der Waals surface area contributed by atoms with E-state index in [9.17, 15) is 10.0 Å². The van der Waals surface area contributed by atoms with E-state index in [1.165, 1.54) is 13.1 Å². The van der Waals surface area contributed by atoms with Crippen molar-refractivity contribution in [2.75, 3.05) is 6.54 Å². The van der Waals surface area contributed by atoms with Gasteiger partial charge in [-0.15, -0.1) is 0 Å². The van der Waals surface area contributed by atoms with Crippen molar-refractivity contribution in [2.45, 2.75) is 13.0 Å². The predicted molar refractivity (Wildman–Crippen MR) is 50.7 cm³/mol. The highest BCUT2D eigenvalue weighted by Gasteiger charge is 2.05. The van der Waals surface area contributed by atoms with Crippen molar-refractivity contribution in [1.82, 2.24) is 4.73 Å². The van der Waals surface area contributed by atoms with E-state index in [0.29, 0.717) is 5.49 Å². The summed E-state index contributed by atoms with van der Waals surface area (Å²) in [7, 11) is 0. The molecule has 1 rings (SSSR count). The number of rotatable bonds is 3. The Balaban J connectivity index is 2.80. The van der Waals surface area contributed by atoms with Crippen LogP contribution in [0.2, 0.25) is 0 Å². The van der Waals surface area contributed by atoms with Crippen LogP contribution in [0.4, 0.5) is 0 Å². The summed E-state index contributed by atoms with van der Waals surface area (Å²) >= 11 is 0. The highest BCUT2D eigenvalue weighted by atomic mass is 16.5. The molecule has 0 saturated heterocycles. The second kappa shape index (κ2) is 4.57. The van der Waals surface area contributed by atoms with Gasteiger partial charge in [-0.3, -0.25) is 9.79 Å². The fraction of sp³-hybridized carbons (Fsp3) is 0.333. The second-order valence-electron chi connectivity index (χ2n) is 2.96. The molecule has 0 aliphatic carbocycles. The number of pyridine rings is 1. The molecule has 0 aliphatic heterocycles. The Bertz CT molecular complexity index is 384. The van der Waals surface area contributed by atoms with E-state index in [1.807, 2.05) is 0 Å². The smallest absolute Gasteiger partial charge is 0.163 e. The first-order valence-corrected chi connectivity index (χ1v) is 4.24. The van der Waals surface area contributed by atoms with Crippen LogP contribution in [0.25, 0.3) is 0 Å². The third-order valence-electron chi connectivity index (χ3n) is 1.79. The first kappa shape index (κ1) is 10.5. The molecule has 5 nitrogen and oxygen atoms in total. The summed E-state index contributed by atoms with van der Waals surface area (Å²) in [5, 5.41) is 9.26. The van der Waals surface area contributed by atoms with Gasteiger partial charge in [0.2, 0.25) is 0 Å². The first-order chi connectivity index (χ1) is 6.61. The fourth-order valence-corrected chi connectivity index (χ4v) is 0.871. The van der Waals surface area contributed by atoms with Crippen LogP contribution >= 0.6 is 0 Å². The van der Waals surface area contributed by atoms with Crippen LogP contribution in [-0.2, 0) is 4.79 Å². The Morgan fingerprint density at radius 3 is 3.00 bits per heavy atom. The summed E-state index contributed by atoms with van der Waals surface area (Å²) in [4.78, 5) is 14.8. The molecule has 1 unspecified atom stereocenters. The van der Waals surface area contributed by atoms with Crippen LogP contribution in [0.5, 0.6) is 0 Å². The predicted octanol–water partition coefficient (Wildman–Crippen LogP) is -0.458. The lowest BCUT2D eigenvalue weighted by Crippen LogP contribution is -2.33. The molecule has 1 atom stereocenters. The molecule has 76 valence electrons. The van der Waals surface area contributed by atoms with Crippen LogP contribution in [-0.4, -0.2) is 28.3 Å². The van der Waals surface area contributed by atoms with Gasteiger partial charge in [0.25, 0.3) is 0 Å². The summed E-state index contributed by atoms with van der Waals surface area (Å²) in [6.07, 6.45) is 1.46. The van der Waals surface area contributed by atoms with Crippen molar-refractivity contribution < 1.29 is 10.0 Å². The molecule has 14 heavy (non-hydrogen) atoms. The summed E-state index contributed by atoms with van der Waals surface area (Å²) in [5.74, 6) is -0.117. The number of aromatic nitrogens is 1. The molecule has 5 heteroatoms. The van der Waals surface area contributed by atoms with Gasteiger partial charge < -0.3 is 10.9 Å². The van der Waals surface area contributed by atoms with Crippen LogP contribution in [0.15, 0.2) is 29.4 Å². The molecule has 0 fully saturated rings. The van der Waals surface area contributed by atoms with E-state index in [4.69, 9.17) is 5.73 Å². The average Bonchev–Trinajstić information content (AvgIpc) is 2.16. The van der Waals surface area contributed by atoms with Crippen LogP contribution in [0.1, 0.15) is 6.92 Å². The van der Waals surface area contributed by atoms with Gasteiger partial charge in [-0.25, -0.2) is 0 Å². The first-order valence-electron chi connectivity index (χ1n) is 4.24. The lowest BCUT2D eigenvalue weighted by Gasteiger charge is -2.02. The Labute approximate surface area is 81.5 Å². The number of nitrogens with zero attached hydrogens (tertiary/aromatic N) is 2. The second-order valence-corrected chi connectivity index (χ2v) is 2.96. The topological polar surface area (TPSA) is 80.6 Å². The third kappa shape index (κ3) is 2.70. The molecule has 0 bridgehead atoms. The van der Waals surface area contributed by atoms with E-state index in [-0.39, 0.29) is 12.3 Å².